The summed E-state index contributed by atoms with van der Waals surface area (Å²) in [6.45, 7) is 5.30. The Kier molecular flexibility index (Phi) is 3.52. The van der Waals surface area contributed by atoms with Crippen LogP contribution in [-0.4, -0.2) is 11.5 Å². The molecule has 0 aliphatic heterocycles. The predicted molar refractivity (Wildman–Crippen MR) is 48.8 cm³/mol. The van der Waals surface area contributed by atoms with E-state index in [0.717, 1.165) is 13.0 Å². The van der Waals surface area contributed by atoms with E-state index in [-0.39, 0.29) is 0 Å². The Labute approximate surface area is 71.7 Å². The van der Waals surface area contributed by atoms with Crippen LogP contribution in [0.3, 0.4) is 0 Å². The quantitative estimate of drug-likeness (QED) is 0.749. The van der Waals surface area contributed by atoms with Crippen molar-refractivity contribution in [1.29, 1.82) is 0 Å². The van der Waals surface area contributed by atoms with E-state index in [9.17, 15) is 0 Å². The summed E-state index contributed by atoms with van der Waals surface area (Å²) in [4.78, 5) is 4.26. The summed E-state index contributed by atoms with van der Waals surface area (Å²) in [6.07, 6.45) is 1.11. The van der Waals surface area contributed by atoms with Gasteiger partial charge in [-0.15, -0.1) is 11.3 Å². The molecule has 2 nitrogen and oxygen atoms in total. The smallest absolute Gasteiger partial charge is 0.0795 e. The molecule has 1 unspecified atom stereocenters. The molecule has 62 valence electrons. The van der Waals surface area contributed by atoms with Crippen molar-refractivity contribution in [3.63, 3.8) is 0 Å². The third-order valence-corrected chi connectivity index (χ3v) is 2.27. The zero-order valence-corrected chi connectivity index (χ0v) is 7.82. The summed E-state index contributed by atoms with van der Waals surface area (Å²) in [5, 5.41) is 5.49. The number of nitrogens with zero attached hydrogens (tertiary/aromatic N) is 1. The standard InChI is InChI=1S/C8H14N2S/c1-3-7(9-4-2)8-5-11-6-10-8/h5-7,9H,3-4H2,1-2H3. The Morgan fingerprint density at radius 3 is 2.91 bits per heavy atom. The summed E-state index contributed by atoms with van der Waals surface area (Å²) in [5.41, 5.74) is 3.06. The minimum Gasteiger partial charge on any atom is -0.309 e. The van der Waals surface area contributed by atoms with E-state index >= 15 is 0 Å². The fourth-order valence-corrected chi connectivity index (χ4v) is 1.71. The van der Waals surface area contributed by atoms with Crippen molar-refractivity contribution in [2.45, 2.75) is 26.3 Å². The number of thiazole rings is 1. The summed E-state index contributed by atoms with van der Waals surface area (Å²) < 4.78 is 0. The molecule has 0 aromatic carbocycles. The lowest BCUT2D eigenvalue weighted by Crippen LogP contribution is -2.20. The second-order valence-corrected chi connectivity index (χ2v) is 3.15. The molecule has 1 aromatic heterocycles. The van der Waals surface area contributed by atoms with E-state index in [0.29, 0.717) is 6.04 Å². The molecule has 0 fully saturated rings. The van der Waals surface area contributed by atoms with Crippen molar-refractivity contribution in [2.24, 2.45) is 0 Å². The van der Waals surface area contributed by atoms with Crippen molar-refractivity contribution >= 4 is 11.3 Å². The van der Waals surface area contributed by atoms with E-state index in [1.165, 1.54) is 5.69 Å². The van der Waals surface area contributed by atoms with Gasteiger partial charge in [-0.1, -0.05) is 13.8 Å². The topological polar surface area (TPSA) is 24.9 Å². The summed E-state index contributed by atoms with van der Waals surface area (Å²) in [5.74, 6) is 0. The summed E-state index contributed by atoms with van der Waals surface area (Å²) in [6, 6.07) is 0.450. The van der Waals surface area contributed by atoms with E-state index in [4.69, 9.17) is 0 Å². The van der Waals surface area contributed by atoms with E-state index in [2.05, 4.69) is 29.5 Å². The lowest BCUT2D eigenvalue weighted by Gasteiger charge is -2.12. The maximum absolute atomic E-state index is 4.26. The lowest BCUT2D eigenvalue weighted by molar-refractivity contribution is 0.527. The van der Waals surface area contributed by atoms with Gasteiger partial charge in [-0.05, 0) is 13.0 Å². The van der Waals surface area contributed by atoms with Gasteiger partial charge >= 0.3 is 0 Å². The molecule has 1 atom stereocenters. The SMILES string of the molecule is CCNC(CC)c1cscn1. The molecule has 1 N–H and O–H groups in total. The Morgan fingerprint density at radius 1 is 1.64 bits per heavy atom. The second-order valence-electron chi connectivity index (χ2n) is 2.43. The second kappa shape index (κ2) is 4.46. The highest BCUT2D eigenvalue weighted by Crippen LogP contribution is 2.15. The maximum atomic E-state index is 4.26. The first-order valence-electron chi connectivity index (χ1n) is 4.00. The Hall–Kier alpha value is -0.410. The fourth-order valence-electron chi connectivity index (χ4n) is 1.10. The molecule has 0 saturated carbocycles. The number of aromatic nitrogens is 1. The van der Waals surface area contributed by atoms with E-state index < -0.39 is 0 Å². The zero-order chi connectivity index (χ0) is 8.10. The fraction of sp³-hybridized carbons (Fsp3) is 0.625. The predicted octanol–water partition coefficient (Wildman–Crippen LogP) is 2.20. The van der Waals surface area contributed by atoms with Gasteiger partial charge in [-0.2, -0.15) is 0 Å². The van der Waals surface area contributed by atoms with Gasteiger partial charge in [-0.25, -0.2) is 4.98 Å². The van der Waals surface area contributed by atoms with Crippen LogP contribution in [0.15, 0.2) is 10.9 Å². The monoisotopic (exact) mass is 170 g/mol. The molecule has 1 rings (SSSR count). The van der Waals surface area contributed by atoms with Crippen LogP contribution in [0.25, 0.3) is 0 Å². The van der Waals surface area contributed by atoms with Crippen LogP contribution < -0.4 is 5.32 Å². The minimum absolute atomic E-state index is 0.450. The van der Waals surface area contributed by atoms with Crippen LogP contribution in [0.2, 0.25) is 0 Å². The van der Waals surface area contributed by atoms with Crippen LogP contribution in [0.4, 0.5) is 0 Å². The first-order chi connectivity index (χ1) is 5.38. The molecule has 0 saturated heterocycles. The highest BCUT2D eigenvalue weighted by atomic mass is 32.1. The number of nitrogens with one attached hydrogen (secondary N) is 1. The Bertz CT molecular complexity index is 184. The molecular formula is C8H14N2S. The third-order valence-electron chi connectivity index (χ3n) is 1.67. The van der Waals surface area contributed by atoms with Gasteiger partial charge in [0, 0.05) is 5.38 Å². The van der Waals surface area contributed by atoms with Crippen LogP contribution in [0.5, 0.6) is 0 Å². The molecule has 1 heterocycles. The molecule has 0 spiro atoms. The molecule has 11 heavy (non-hydrogen) atoms. The molecule has 1 aromatic rings. The number of hydrogen-bond acceptors (Lipinski definition) is 3. The minimum atomic E-state index is 0.450. The Morgan fingerprint density at radius 2 is 2.45 bits per heavy atom. The molecule has 0 amide bonds. The first kappa shape index (κ1) is 8.68. The lowest BCUT2D eigenvalue weighted by atomic mass is 10.2. The van der Waals surface area contributed by atoms with Crippen molar-refractivity contribution in [1.82, 2.24) is 10.3 Å². The van der Waals surface area contributed by atoms with Gasteiger partial charge in [0.25, 0.3) is 0 Å². The van der Waals surface area contributed by atoms with Crippen molar-refractivity contribution < 1.29 is 0 Å². The third kappa shape index (κ3) is 2.27. The van der Waals surface area contributed by atoms with E-state index in [1.807, 2.05) is 5.51 Å². The molecule has 0 aliphatic rings. The number of rotatable bonds is 4. The first-order valence-corrected chi connectivity index (χ1v) is 4.94. The molecule has 0 bridgehead atoms. The normalized spacial score (nSPS) is 13.3. The van der Waals surface area contributed by atoms with Gasteiger partial charge in [0.05, 0.1) is 17.2 Å². The molecule has 3 heteroatoms. The molecule has 0 aliphatic carbocycles. The van der Waals surface area contributed by atoms with Gasteiger partial charge in [0.1, 0.15) is 0 Å². The van der Waals surface area contributed by atoms with Gasteiger partial charge in [-0.3, -0.25) is 0 Å². The van der Waals surface area contributed by atoms with Gasteiger partial charge < -0.3 is 5.32 Å². The van der Waals surface area contributed by atoms with Crippen molar-refractivity contribution in [3.8, 4) is 0 Å². The summed E-state index contributed by atoms with van der Waals surface area (Å²) >= 11 is 1.66. The maximum Gasteiger partial charge on any atom is 0.0795 e. The molecule has 0 radical (unpaired) electrons. The van der Waals surface area contributed by atoms with Crippen LogP contribution >= 0.6 is 11.3 Å². The zero-order valence-electron chi connectivity index (χ0n) is 7.00. The van der Waals surface area contributed by atoms with Gasteiger partial charge in [0.15, 0.2) is 0 Å². The van der Waals surface area contributed by atoms with Gasteiger partial charge in [0.2, 0.25) is 0 Å². The Balaban J connectivity index is 2.56. The number of hydrogen-bond donors (Lipinski definition) is 1. The molecular weight excluding hydrogens is 156 g/mol. The van der Waals surface area contributed by atoms with E-state index in [1.54, 1.807) is 11.3 Å². The summed E-state index contributed by atoms with van der Waals surface area (Å²) in [7, 11) is 0. The van der Waals surface area contributed by atoms with Crippen LogP contribution in [-0.2, 0) is 0 Å². The highest BCUT2D eigenvalue weighted by Gasteiger charge is 2.07. The average molecular weight is 170 g/mol. The largest absolute Gasteiger partial charge is 0.309 e. The highest BCUT2D eigenvalue weighted by molar-refractivity contribution is 7.07. The van der Waals surface area contributed by atoms with Crippen LogP contribution in [0, 0.1) is 0 Å². The van der Waals surface area contributed by atoms with Crippen LogP contribution in [0.1, 0.15) is 32.0 Å². The van der Waals surface area contributed by atoms with Crippen molar-refractivity contribution in [3.05, 3.63) is 16.6 Å². The van der Waals surface area contributed by atoms with Crippen molar-refractivity contribution in [2.75, 3.05) is 6.54 Å². The average Bonchev–Trinajstić information content (AvgIpc) is 2.52.